The average Bonchev–Trinajstić information content (AvgIpc) is 2.83. The molecule has 1 spiro atoms. The molecule has 1 aliphatic carbocycles. The van der Waals surface area contributed by atoms with Gasteiger partial charge in [-0.3, -0.25) is 10.1 Å². The smallest absolute Gasteiger partial charge is 0.235 e. The van der Waals surface area contributed by atoms with Crippen molar-refractivity contribution in [3.8, 4) is 0 Å². The third-order valence-corrected chi connectivity index (χ3v) is 4.15. The maximum Gasteiger partial charge on any atom is 0.235 e. The van der Waals surface area contributed by atoms with Gasteiger partial charge in [-0.2, -0.15) is 0 Å². The van der Waals surface area contributed by atoms with E-state index in [4.69, 9.17) is 0 Å². The first kappa shape index (κ1) is 11.9. The molecule has 0 bridgehead atoms. The van der Waals surface area contributed by atoms with Crippen molar-refractivity contribution in [3.05, 3.63) is 0 Å². The van der Waals surface area contributed by atoms with Crippen LogP contribution < -0.4 is 10.6 Å². The Balaban J connectivity index is 1.81. The fourth-order valence-corrected chi connectivity index (χ4v) is 3.26. The summed E-state index contributed by atoms with van der Waals surface area (Å²) in [7, 11) is 0. The summed E-state index contributed by atoms with van der Waals surface area (Å²) in [5.41, 5.74) is -0.0245. The maximum atomic E-state index is 11.4. The van der Waals surface area contributed by atoms with Crippen molar-refractivity contribution in [3.63, 3.8) is 0 Å². The van der Waals surface area contributed by atoms with Crippen LogP contribution in [0.4, 0.5) is 0 Å². The van der Waals surface area contributed by atoms with Crippen LogP contribution in [0.3, 0.4) is 0 Å². The van der Waals surface area contributed by atoms with Crippen molar-refractivity contribution >= 4 is 5.91 Å². The number of carbonyl (C=O) groups is 1. The fraction of sp³-hybridized carbons (Fsp3) is 0.923. The highest BCUT2D eigenvalue weighted by Crippen LogP contribution is 2.38. The molecule has 2 fully saturated rings. The molecule has 1 saturated heterocycles. The van der Waals surface area contributed by atoms with Gasteiger partial charge < -0.3 is 5.32 Å². The minimum absolute atomic E-state index is 0.0245. The Bertz CT molecular complexity index is 254. The van der Waals surface area contributed by atoms with Crippen molar-refractivity contribution in [1.82, 2.24) is 10.6 Å². The Morgan fingerprint density at radius 2 is 2.25 bits per heavy atom. The lowest BCUT2D eigenvalue weighted by molar-refractivity contribution is -0.119. The van der Waals surface area contributed by atoms with Crippen LogP contribution in [0.25, 0.3) is 0 Å². The molecule has 1 heterocycles. The largest absolute Gasteiger partial charge is 0.337 e. The first-order valence-corrected chi connectivity index (χ1v) is 6.83. The summed E-state index contributed by atoms with van der Waals surface area (Å²) in [6, 6.07) is 0. The van der Waals surface area contributed by atoms with E-state index >= 15 is 0 Å². The second kappa shape index (κ2) is 5.17. The number of rotatable bonds is 5. The van der Waals surface area contributed by atoms with Gasteiger partial charge in [-0.25, -0.2) is 0 Å². The summed E-state index contributed by atoms with van der Waals surface area (Å²) in [5.74, 6) is 0.844. The monoisotopic (exact) mass is 224 g/mol. The highest BCUT2D eigenvalue weighted by molar-refractivity contribution is 5.81. The molecule has 0 aromatic heterocycles. The lowest BCUT2D eigenvalue weighted by Gasteiger charge is -2.31. The predicted octanol–water partition coefficient (Wildman–Crippen LogP) is 2.17. The predicted molar refractivity (Wildman–Crippen MR) is 65.0 cm³/mol. The van der Waals surface area contributed by atoms with Crippen molar-refractivity contribution in [2.24, 2.45) is 5.92 Å². The van der Waals surface area contributed by atoms with Crippen LogP contribution in [-0.4, -0.2) is 18.1 Å². The zero-order valence-electron chi connectivity index (χ0n) is 10.3. The minimum atomic E-state index is -0.0245. The van der Waals surface area contributed by atoms with E-state index in [9.17, 15) is 4.79 Å². The minimum Gasteiger partial charge on any atom is -0.337 e. The summed E-state index contributed by atoms with van der Waals surface area (Å²) >= 11 is 0. The second-order valence-electron chi connectivity index (χ2n) is 5.31. The van der Waals surface area contributed by atoms with E-state index in [0.717, 1.165) is 6.42 Å². The molecule has 3 nitrogen and oxygen atoms in total. The summed E-state index contributed by atoms with van der Waals surface area (Å²) in [4.78, 5) is 11.4. The number of hydrogen-bond acceptors (Lipinski definition) is 2. The van der Waals surface area contributed by atoms with Crippen LogP contribution in [0, 0.1) is 5.92 Å². The Kier molecular flexibility index (Phi) is 3.85. The average molecular weight is 224 g/mol. The molecule has 0 aromatic rings. The van der Waals surface area contributed by atoms with Gasteiger partial charge in [0.25, 0.3) is 0 Å². The molecule has 2 atom stereocenters. The third kappa shape index (κ3) is 2.40. The molecule has 2 N–H and O–H groups in total. The lowest BCUT2D eigenvalue weighted by atomic mass is 9.91. The molecule has 0 radical (unpaired) electrons. The third-order valence-electron chi connectivity index (χ3n) is 4.15. The van der Waals surface area contributed by atoms with Crippen LogP contribution in [0.5, 0.6) is 0 Å². The second-order valence-corrected chi connectivity index (χ2v) is 5.31. The molecule has 1 saturated carbocycles. The van der Waals surface area contributed by atoms with Gasteiger partial charge in [0.05, 0.1) is 12.2 Å². The summed E-state index contributed by atoms with van der Waals surface area (Å²) in [6.45, 7) is 2.77. The first-order valence-electron chi connectivity index (χ1n) is 6.83. The molecule has 1 aliphatic heterocycles. The van der Waals surface area contributed by atoms with Crippen LogP contribution in [0.1, 0.15) is 58.3 Å². The van der Waals surface area contributed by atoms with E-state index in [0.29, 0.717) is 12.5 Å². The van der Waals surface area contributed by atoms with Crippen molar-refractivity contribution in [1.29, 1.82) is 0 Å². The molecule has 2 aliphatic rings. The Morgan fingerprint density at radius 3 is 2.94 bits per heavy atom. The highest BCUT2D eigenvalue weighted by atomic mass is 16.2. The van der Waals surface area contributed by atoms with Crippen molar-refractivity contribution < 1.29 is 4.79 Å². The van der Waals surface area contributed by atoms with Gasteiger partial charge in [-0.05, 0) is 31.6 Å². The number of carbonyl (C=O) groups excluding carboxylic acids is 1. The Morgan fingerprint density at radius 1 is 1.38 bits per heavy atom. The Labute approximate surface area is 98.4 Å². The normalized spacial score (nSPS) is 33.6. The number of amides is 1. The van der Waals surface area contributed by atoms with E-state index in [1.54, 1.807) is 0 Å². The lowest BCUT2D eigenvalue weighted by Crippen LogP contribution is -2.52. The van der Waals surface area contributed by atoms with Crippen molar-refractivity contribution in [2.75, 3.05) is 6.54 Å². The van der Waals surface area contributed by atoms with Gasteiger partial charge in [-0.1, -0.05) is 32.6 Å². The van der Waals surface area contributed by atoms with E-state index in [-0.39, 0.29) is 11.6 Å². The topological polar surface area (TPSA) is 41.1 Å². The maximum absolute atomic E-state index is 11.4. The van der Waals surface area contributed by atoms with Crippen LogP contribution in [-0.2, 0) is 4.79 Å². The highest BCUT2D eigenvalue weighted by Gasteiger charge is 2.46. The Hall–Kier alpha value is -0.570. The van der Waals surface area contributed by atoms with Gasteiger partial charge >= 0.3 is 0 Å². The van der Waals surface area contributed by atoms with Crippen molar-refractivity contribution in [2.45, 2.75) is 64.0 Å². The van der Waals surface area contributed by atoms with Crippen LogP contribution in [0.2, 0.25) is 0 Å². The van der Waals surface area contributed by atoms with E-state index in [1.807, 2.05) is 0 Å². The summed E-state index contributed by atoms with van der Waals surface area (Å²) < 4.78 is 0. The zero-order valence-corrected chi connectivity index (χ0v) is 10.3. The van der Waals surface area contributed by atoms with Crippen LogP contribution >= 0.6 is 0 Å². The van der Waals surface area contributed by atoms with E-state index < -0.39 is 0 Å². The summed E-state index contributed by atoms with van der Waals surface area (Å²) in [6.07, 6.45) is 10.2. The quantitative estimate of drug-likeness (QED) is 0.703. The van der Waals surface area contributed by atoms with E-state index in [1.165, 1.54) is 44.9 Å². The van der Waals surface area contributed by atoms with Gasteiger partial charge in [0.2, 0.25) is 5.91 Å². The van der Waals surface area contributed by atoms with Gasteiger partial charge in [0.15, 0.2) is 0 Å². The fourth-order valence-electron chi connectivity index (χ4n) is 3.26. The molecule has 2 unspecified atom stereocenters. The molecule has 92 valence electrons. The number of hydrogen-bond donors (Lipinski definition) is 2. The first-order chi connectivity index (χ1) is 7.77. The molecule has 2 rings (SSSR count). The summed E-state index contributed by atoms with van der Waals surface area (Å²) in [5, 5.41) is 6.58. The molecule has 16 heavy (non-hydrogen) atoms. The van der Waals surface area contributed by atoms with Gasteiger partial charge in [-0.15, -0.1) is 0 Å². The molecular formula is C13H24N2O. The number of nitrogens with one attached hydrogen (secondary N) is 2. The number of unbranched alkanes of at least 4 members (excludes halogenated alkanes) is 3. The van der Waals surface area contributed by atoms with Gasteiger partial charge in [0.1, 0.15) is 0 Å². The standard InChI is InChI=1S/C13H24N2O/c1-2-3-4-5-7-11-8-6-9-13(11)14-10-12(16)15-13/h11,14H,2-10H2,1H3,(H,15,16). The zero-order chi connectivity index (χ0) is 11.4. The van der Waals surface area contributed by atoms with E-state index in [2.05, 4.69) is 17.6 Å². The SMILES string of the molecule is CCCCCCC1CCCC12NCC(=O)N2. The van der Waals surface area contributed by atoms with Gasteiger partial charge in [0, 0.05) is 0 Å². The van der Waals surface area contributed by atoms with Crippen LogP contribution in [0.15, 0.2) is 0 Å². The molecular weight excluding hydrogens is 200 g/mol. The molecule has 3 heteroatoms. The molecule has 0 aromatic carbocycles. The molecule has 1 amide bonds.